The molecule has 1 aliphatic rings. The monoisotopic (exact) mass is 394 g/mol. The number of aromatic nitrogens is 4. The van der Waals surface area contributed by atoms with E-state index < -0.39 is 6.61 Å². The van der Waals surface area contributed by atoms with Gasteiger partial charge in [-0.3, -0.25) is 9.59 Å². The Morgan fingerprint density at radius 2 is 1.86 bits per heavy atom. The van der Waals surface area contributed by atoms with Gasteiger partial charge in [0.1, 0.15) is 6.61 Å². The van der Waals surface area contributed by atoms with Gasteiger partial charge in [0.15, 0.2) is 0 Å². The Labute approximate surface area is 167 Å². The summed E-state index contributed by atoms with van der Waals surface area (Å²) in [6, 6.07) is 7.81. The highest BCUT2D eigenvalue weighted by molar-refractivity contribution is 5.93. The zero-order valence-electron chi connectivity index (χ0n) is 16.1. The van der Waals surface area contributed by atoms with Crippen LogP contribution in [0.25, 0.3) is 16.9 Å². The second-order valence-electron chi connectivity index (χ2n) is 7.07. The topological polar surface area (TPSA) is 113 Å². The molecule has 0 saturated carbocycles. The number of nitrogens with zero attached hydrogens (tertiary/aromatic N) is 5. The van der Waals surface area contributed by atoms with Crippen LogP contribution in [0.2, 0.25) is 0 Å². The molecule has 0 aliphatic carbocycles. The summed E-state index contributed by atoms with van der Waals surface area (Å²) in [7, 11) is 0. The van der Waals surface area contributed by atoms with Crippen LogP contribution < -0.4 is 5.32 Å². The third-order valence-corrected chi connectivity index (χ3v) is 5.18. The maximum atomic E-state index is 12.5. The van der Waals surface area contributed by atoms with Gasteiger partial charge in [0, 0.05) is 36.9 Å². The number of nitrogens with one attached hydrogen (secondary N) is 1. The fraction of sp³-hybridized carbons (Fsp3) is 0.350. The van der Waals surface area contributed by atoms with Crippen LogP contribution in [-0.2, 0) is 4.79 Å². The van der Waals surface area contributed by atoms with Gasteiger partial charge < -0.3 is 15.3 Å². The SMILES string of the molecule is Cc1nn(-c2ncc(C(=O)NC3CCN(C(=O)CO)CC3)cn2)c2ccccc12. The Balaban J connectivity index is 1.43. The number of amides is 2. The zero-order valence-corrected chi connectivity index (χ0v) is 16.1. The van der Waals surface area contributed by atoms with Gasteiger partial charge in [0.25, 0.3) is 11.9 Å². The van der Waals surface area contributed by atoms with E-state index >= 15 is 0 Å². The van der Waals surface area contributed by atoms with E-state index in [4.69, 9.17) is 5.11 Å². The van der Waals surface area contributed by atoms with Crippen molar-refractivity contribution in [3.8, 4) is 5.95 Å². The van der Waals surface area contributed by atoms with Gasteiger partial charge in [-0.2, -0.15) is 9.78 Å². The van der Waals surface area contributed by atoms with Crippen molar-refractivity contribution in [2.45, 2.75) is 25.8 Å². The number of hydrogen-bond donors (Lipinski definition) is 2. The number of aryl methyl sites for hydroxylation is 1. The molecule has 1 aromatic carbocycles. The summed E-state index contributed by atoms with van der Waals surface area (Å²) in [5.74, 6) is -0.119. The number of likely N-dealkylation sites (tertiary alicyclic amines) is 1. The minimum absolute atomic E-state index is 0.0253. The zero-order chi connectivity index (χ0) is 20.4. The van der Waals surface area contributed by atoms with Gasteiger partial charge in [-0.25, -0.2) is 9.97 Å². The average molecular weight is 394 g/mol. The molecule has 3 heterocycles. The highest BCUT2D eigenvalue weighted by Gasteiger charge is 2.24. The lowest BCUT2D eigenvalue weighted by Crippen LogP contribution is -2.47. The van der Waals surface area contributed by atoms with E-state index in [9.17, 15) is 9.59 Å². The molecular formula is C20H22N6O3. The van der Waals surface area contributed by atoms with E-state index in [0.717, 1.165) is 16.6 Å². The molecule has 1 fully saturated rings. The van der Waals surface area contributed by atoms with Gasteiger partial charge in [0.2, 0.25) is 5.91 Å². The normalized spacial score (nSPS) is 14.9. The summed E-state index contributed by atoms with van der Waals surface area (Å²) in [6.45, 7) is 2.49. The van der Waals surface area contributed by atoms with Crippen LogP contribution in [0, 0.1) is 6.92 Å². The van der Waals surface area contributed by atoms with E-state index in [1.165, 1.54) is 12.4 Å². The van der Waals surface area contributed by atoms with Crippen LogP contribution in [0.4, 0.5) is 0 Å². The van der Waals surface area contributed by atoms with E-state index in [2.05, 4.69) is 20.4 Å². The fourth-order valence-electron chi connectivity index (χ4n) is 3.56. The fourth-order valence-corrected chi connectivity index (χ4v) is 3.56. The smallest absolute Gasteiger partial charge is 0.254 e. The van der Waals surface area contributed by atoms with Gasteiger partial charge >= 0.3 is 0 Å². The van der Waals surface area contributed by atoms with Crippen molar-refractivity contribution in [2.24, 2.45) is 0 Å². The maximum Gasteiger partial charge on any atom is 0.254 e. The molecule has 0 bridgehead atoms. The predicted octanol–water partition coefficient (Wildman–Crippen LogP) is 0.837. The highest BCUT2D eigenvalue weighted by Crippen LogP contribution is 2.19. The Bertz CT molecular complexity index is 1040. The summed E-state index contributed by atoms with van der Waals surface area (Å²) in [4.78, 5) is 34.3. The van der Waals surface area contributed by atoms with Crippen molar-refractivity contribution in [2.75, 3.05) is 19.7 Å². The van der Waals surface area contributed by atoms with Crippen molar-refractivity contribution in [1.29, 1.82) is 0 Å². The van der Waals surface area contributed by atoms with Crippen LogP contribution in [0.3, 0.4) is 0 Å². The molecule has 0 unspecified atom stereocenters. The number of carbonyl (C=O) groups is 2. The largest absolute Gasteiger partial charge is 0.387 e. The van der Waals surface area contributed by atoms with Gasteiger partial charge in [-0.1, -0.05) is 18.2 Å². The second-order valence-corrected chi connectivity index (χ2v) is 7.07. The molecule has 9 heteroatoms. The van der Waals surface area contributed by atoms with Crippen molar-refractivity contribution in [3.63, 3.8) is 0 Å². The lowest BCUT2D eigenvalue weighted by molar-refractivity contribution is -0.135. The molecule has 3 aromatic rings. The van der Waals surface area contributed by atoms with Crippen LogP contribution in [0.1, 0.15) is 28.9 Å². The summed E-state index contributed by atoms with van der Waals surface area (Å²) in [5, 5.41) is 17.4. The number of rotatable bonds is 4. The van der Waals surface area contributed by atoms with Crippen LogP contribution in [-0.4, -0.2) is 67.3 Å². The van der Waals surface area contributed by atoms with Gasteiger partial charge in [-0.05, 0) is 25.8 Å². The summed E-state index contributed by atoms with van der Waals surface area (Å²) in [6.07, 6.45) is 4.28. The molecule has 0 spiro atoms. The molecule has 4 rings (SSSR count). The van der Waals surface area contributed by atoms with Crippen LogP contribution >= 0.6 is 0 Å². The Morgan fingerprint density at radius 3 is 2.55 bits per heavy atom. The number of aliphatic hydroxyl groups is 1. The standard InChI is InChI=1S/C20H22N6O3/c1-13-16-4-2-3-5-17(16)26(24-13)20-21-10-14(11-22-20)19(29)23-15-6-8-25(9-7-15)18(28)12-27/h2-5,10-11,15,27H,6-9,12H2,1H3,(H,23,29). The Kier molecular flexibility index (Phi) is 5.22. The third-order valence-electron chi connectivity index (χ3n) is 5.18. The average Bonchev–Trinajstić information content (AvgIpc) is 3.10. The third kappa shape index (κ3) is 3.81. The summed E-state index contributed by atoms with van der Waals surface area (Å²) in [5.41, 5.74) is 2.17. The molecule has 0 atom stereocenters. The first-order chi connectivity index (χ1) is 14.1. The number of hydrogen-bond acceptors (Lipinski definition) is 6. The minimum Gasteiger partial charge on any atom is -0.387 e. The Morgan fingerprint density at radius 1 is 1.17 bits per heavy atom. The predicted molar refractivity (Wildman–Crippen MR) is 106 cm³/mol. The molecule has 1 aliphatic heterocycles. The quantitative estimate of drug-likeness (QED) is 0.678. The molecule has 2 amide bonds. The molecule has 2 N–H and O–H groups in total. The van der Waals surface area contributed by atoms with E-state index in [1.807, 2.05) is 31.2 Å². The molecule has 2 aromatic heterocycles. The molecule has 150 valence electrons. The summed E-state index contributed by atoms with van der Waals surface area (Å²) >= 11 is 0. The summed E-state index contributed by atoms with van der Waals surface area (Å²) < 4.78 is 1.67. The van der Waals surface area contributed by atoms with E-state index in [-0.39, 0.29) is 17.9 Å². The molecule has 1 saturated heterocycles. The number of carbonyl (C=O) groups excluding carboxylic acids is 2. The Hall–Kier alpha value is -3.33. The highest BCUT2D eigenvalue weighted by atomic mass is 16.3. The van der Waals surface area contributed by atoms with Crippen molar-refractivity contribution >= 4 is 22.7 Å². The van der Waals surface area contributed by atoms with Gasteiger partial charge in [0.05, 0.1) is 16.8 Å². The van der Waals surface area contributed by atoms with E-state index in [0.29, 0.717) is 37.4 Å². The first-order valence-electron chi connectivity index (χ1n) is 9.53. The minimum atomic E-state index is -0.480. The number of benzene rings is 1. The van der Waals surface area contributed by atoms with Crippen molar-refractivity contribution in [3.05, 3.63) is 47.9 Å². The number of piperidine rings is 1. The van der Waals surface area contributed by atoms with Crippen molar-refractivity contribution < 1.29 is 14.7 Å². The molecule has 29 heavy (non-hydrogen) atoms. The second kappa shape index (κ2) is 7.96. The number of aliphatic hydroxyl groups excluding tert-OH is 1. The molecule has 9 nitrogen and oxygen atoms in total. The lowest BCUT2D eigenvalue weighted by Gasteiger charge is -2.32. The first kappa shape index (κ1) is 19.0. The number of fused-ring (bicyclic) bond motifs is 1. The van der Waals surface area contributed by atoms with Crippen LogP contribution in [0.15, 0.2) is 36.7 Å². The molecule has 0 radical (unpaired) electrons. The lowest BCUT2D eigenvalue weighted by atomic mass is 10.0. The van der Waals surface area contributed by atoms with Gasteiger partial charge in [-0.15, -0.1) is 0 Å². The number of para-hydroxylation sites is 1. The van der Waals surface area contributed by atoms with Crippen molar-refractivity contribution in [1.82, 2.24) is 30.0 Å². The van der Waals surface area contributed by atoms with E-state index in [1.54, 1.807) is 9.58 Å². The first-order valence-corrected chi connectivity index (χ1v) is 9.53. The molecular weight excluding hydrogens is 372 g/mol. The van der Waals surface area contributed by atoms with Crippen LogP contribution in [0.5, 0.6) is 0 Å². The maximum absolute atomic E-state index is 12.5.